The lowest BCUT2D eigenvalue weighted by Crippen LogP contribution is -2.35. The number of hydrogen-bond donors (Lipinski definition) is 1. The molecular formula is C16H31N5. The third kappa shape index (κ3) is 5.75. The summed E-state index contributed by atoms with van der Waals surface area (Å²) < 4.78 is 1.98. The molecule has 0 unspecified atom stereocenters. The van der Waals surface area contributed by atoms with E-state index in [0.717, 1.165) is 37.8 Å². The van der Waals surface area contributed by atoms with Crippen LogP contribution in [0, 0.1) is 5.92 Å². The fourth-order valence-corrected chi connectivity index (χ4v) is 2.55. The minimum Gasteiger partial charge on any atom is -0.306 e. The SMILES string of the molecule is CCN(CCn1cc(CNC(C)(C)C)nn1)CC1CCC1. The van der Waals surface area contributed by atoms with Crippen molar-refractivity contribution >= 4 is 0 Å². The van der Waals surface area contributed by atoms with Crippen LogP contribution in [0.2, 0.25) is 0 Å². The Balaban J connectivity index is 1.73. The number of likely N-dealkylation sites (N-methyl/N-ethyl adjacent to an activating group) is 1. The van der Waals surface area contributed by atoms with E-state index in [1.807, 2.05) is 4.68 Å². The van der Waals surface area contributed by atoms with E-state index in [9.17, 15) is 0 Å². The monoisotopic (exact) mass is 293 g/mol. The van der Waals surface area contributed by atoms with Gasteiger partial charge in [0.1, 0.15) is 0 Å². The fourth-order valence-electron chi connectivity index (χ4n) is 2.55. The lowest BCUT2D eigenvalue weighted by atomic mass is 9.85. The molecule has 0 aromatic carbocycles. The number of aromatic nitrogens is 3. The predicted molar refractivity (Wildman–Crippen MR) is 86.1 cm³/mol. The normalized spacial score (nSPS) is 16.4. The van der Waals surface area contributed by atoms with Gasteiger partial charge < -0.3 is 10.2 Å². The Morgan fingerprint density at radius 3 is 2.71 bits per heavy atom. The van der Waals surface area contributed by atoms with Gasteiger partial charge >= 0.3 is 0 Å². The molecule has 1 aromatic rings. The smallest absolute Gasteiger partial charge is 0.0965 e. The van der Waals surface area contributed by atoms with Gasteiger partial charge in [0, 0.05) is 31.4 Å². The second-order valence-corrected chi connectivity index (χ2v) is 7.27. The molecule has 0 radical (unpaired) electrons. The maximum atomic E-state index is 4.24. The highest BCUT2D eigenvalue weighted by atomic mass is 15.4. The van der Waals surface area contributed by atoms with Gasteiger partial charge in [0.05, 0.1) is 12.2 Å². The van der Waals surface area contributed by atoms with Gasteiger partial charge in [-0.1, -0.05) is 18.6 Å². The van der Waals surface area contributed by atoms with Gasteiger partial charge in [0.15, 0.2) is 0 Å². The van der Waals surface area contributed by atoms with E-state index in [1.165, 1.54) is 25.8 Å². The molecule has 120 valence electrons. The van der Waals surface area contributed by atoms with Crippen molar-refractivity contribution in [1.82, 2.24) is 25.2 Å². The Hall–Kier alpha value is -0.940. The second kappa shape index (κ2) is 7.36. The van der Waals surface area contributed by atoms with Crippen LogP contribution in [0.5, 0.6) is 0 Å². The Morgan fingerprint density at radius 2 is 2.14 bits per heavy atom. The fraction of sp³-hybridized carbons (Fsp3) is 0.875. The molecule has 0 spiro atoms. The van der Waals surface area contributed by atoms with Crippen LogP contribution in [0.15, 0.2) is 6.20 Å². The van der Waals surface area contributed by atoms with Crippen LogP contribution in [0.4, 0.5) is 0 Å². The molecule has 1 saturated carbocycles. The largest absolute Gasteiger partial charge is 0.306 e. The first-order valence-corrected chi connectivity index (χ1v) is 8.32. The summed E-state index contributed by atoms with van der Waals surface area (Å²) in [7, 11) is 0. The zero-order valence-electron chi connectivity index (χ0n) is 14.1. The zero-order chi connectivity index (χ0) is 15.3. The predicted octanol–water partition coefficient (Wildman–Crippen LogP) is 2.29. The molecule has 0 saturated heterocycles. The lowest BCUT2D eigenvalue weighted by Gasteiger charge is -2.31. The number of hydrogen-bond acceptors (Lipinski definition) is 4. The summed E-state index contributed by atoms with van der Waals surface area (Å²) in [6.45, 7) is 13.9. The van der Waals surface area contributed by atoms with Crippen LogP contribution < -0.4 is 5.32 Å². The van der Waals surface area contributed by atoms with Crippen LogP contribution in [-0.2, 0) is 13.1 Å². The van der Waals surface area contributed by atoms with Crippen molar-refractivity contribution in [3.05, 3.63) is 11.9 Å². The Labute approximate surface area is 129 Å². The van der Waals surface area contributed by atoms with Crippen molar-refractivity contribution in [3.8, 4) is 0 Å². The summed E-state index contributed by atoms with van der Waals surface area (Å²) in [4.78, 5) is 2.54. The molecule has 1 aliphatic rings. The summed E-state index contributed by atoms with van der Waals surface area (Å²) >= 11 is 0. The average Bonchev–Trinajstić information content (AvgIpc) is 2.82. The first-order chi connectivity index (χ1) is 9.96. The van der Waals surface area contributed by atoms with Gasteiger partial charge in [0.25, 0.3) is 0 Å². The van der Waals surface area contributed by atoms with Gasteiger partial charge in [-0.05, 0) is 46.1 Å². The van der Waals surface area contributed by atoms with E-state index < -0.39 is 0 Å². The lowest BCUT2D eigenvalue weighted by molar-refractivity contribution is 0.177. The van der Waals surface area contributed by atoms with Crippen molar-refractivity contribution in [2.24, 2.45) is 5.92 Å². The molecule has 2 rings (SSSR count). The average molecular weight is 293 g/mol. The Bertz CT molecular complexity index is 417. The van der Waals surface area contributed by atoms with Gasteiger partial charge in [-0.2, -0.15) is 0 Å². The van der Waals surface area contributed by atoms with Gasteiger partial charge in [-0.15, -0.1) is 5.10 Å². The second-order valence-electron chi connectivity index (χ2n) is 7.27. The summed E-state index contributed by atoms with van der Waals surface area (Å²) in [6.07, 6.45) is 6.33. The standard InChI is InChI=1S/C16H31N5/c1-5-20(12-14-7-6-8-14)9-10-21-13-15(18-19-21)11-17-16(2,3)4/h13-14,17H,5-12H2,1-4H3. The van der Waals surface area contributed by atoms with Gasteiger partial charge in [-0.3, -0.25) is 4.68 Å². The van der Waals surface area contributed by atoms with E-state index in [0.29, 0.717) is 0 Å². The molecule has 0 bridgehead atoms. The first-order valence-electron chi connectivity index (χ1n) is 8.32. The highest BCUT2D eigenvalue weighted by Gasteiger charge is 2.19. The van der Waals surface area contributed by atoms with E-state index in [2.05, 4.69) is 54.4 Å². The molecule has 21 heavy (non-hydrogen) atoms. The van der Waals surface area contributed by atoms with Crippen molar-refractivity contribution in [3.63, 3.8) is 0 Å². The number of rotatable bonds is 8. The molecule has 1 aliphatic carbocycles. The minimum atomic E-state index is 0.117. The van der Waals surface area contributed by atoms with Crippen LogP contribution >= 0.6 is 0 Å². The Morgan fingerprint density at radius 1 is 1.38 bits per heavy atom. The van der Waals surface area contributed by atoms with Crippen LogP contribution in [0.1, 0.15) is 52.7 Å². The number of nitrogens with zero attached hydrogens (tertiary/aromatic N) is 4. The third-order valence-corrected chi connectivity index (χ3v) is 4.22. The summed E-state index contributed by atoms with van der Waals surface area (Å²) in [5.74, 6) is 0.937. The zero-order valence-corrected chi connectivity index (χ0v) is 14.1. The molecule has 1 fully saturated rings. The molecule has 1 heterocycles. The van der Waals surface area contributed by atoms with E-state index >= 15 is 0 Å². The van der Waals surface area contributed by atoms with E-state index in [1.54, 1.807) is 0 Å². The highest BCUT2D eigenvalue weighted by Crippen LogP contribution is 2.26. The summed E-state index contributed by atoms with van der Waals surface area (Å²) in [5.41, 5.74) is 1.14. The topological polar surface area (TPSA) is 46.0 Å². The molecule has 5 heteroatoms. The van der Waals surface area contributed by atoms with Crippen molar-refractivity contribution in [2.45, 2.75) is 65.6 Å². The maximum absolute atomic E-state index is 4.24. The molecular weight excluding hydrogens is 262 g/mol. The van der Waals surface area contributed by atoms with Gasteiger partial charge in [-0.25, -0.2) is 0 Å². The quantitative estimate of drug-likeness (QED) is 0.799. The molecule has 0 aliphatic heterocycles. The molecule has 0 atom stereocenters. The Kier molecular flexibility index (Phi) is 5.76. The van der Waals surface area contributed by atoms with Crippen molar-refractivity contribution < 1.29 is 0 Å². The maximum Gasteiger partial charge on any atom is 0.0965 e. The van der Waals surface area contributed by atoms with Crippen LogP contribution in [-0.4, -0.2) is 45.1 Å². The van der Waals surface area contributed by atoms with E-state index in [4.69, 9.17) is 0 Å². The van der Waals surface area contributed by atoms with Gasteiger partial charge in [0.2, 0.25) is 0 Å². The first kappa shape index (κ1) is 16.4. The summed E-state index contributed by atoms with van der Waals surface area (Å²) in [5, 5.41) is 11.9. The van der Waals surface area contributed by atoms with Crippen molar-refractivity contribution in [1.29, 1.82) is 0 Å². The van der Waals surface area contributed by atoms with Crippen molar-refractivity contribution in [2.75, 3.05) is 19.6 Å². The van der Waals surface area contributed by atoms with E-state index in [-0.39, 0.29) is 5.54 Å². The third-order valence-electron chi connectivity index (χ3n) is 4.22. The molecule has 0 amide bonds. The minimum absolute atomic E-state index is 0.117. The molecule has 1 aromatic heterocycles. The molecule has 5 nitrogen and oxygen atoms in total. The van der Waals surface area contributed by atoms with Crippen LogP contribution in [0.3, 0.4) is 0 Å². The number of nitrogens with one attached hydrogen (secondary N) is 1. The summed E-state index contributed by atoms with van der Waals surface area (Å²) in [6, 6.07) is 0. The van der Waals surface area contributed by atoms with Crippen LogP contribution in [0.25, 0.3) is 0 Å². The molecule has 1 N–H and O–H groups in total. The highest BCUT2D eigenvalue weighted by molar-refractivity contribution is 4.93.